The second kappa shape index (κ2) is 9.65. The summed E-state index contributed by atoms with van der Waals surface area (Å²) in [7, 11) is 0. The quantitative estimate of drug-likeness (QED) is 0.439. The number of carbonyl (C=O) groups is 2. The number of anilines is 2. The van der Waals surface area contributed by atoms with Crippen molar-refractivity contribution in [2.45, 2.75) is 13.5 Å². The van der Waals surface area contributed by atoms with E-state index in [4.69, 9.17) is 9.15 Å². The molecule has 4 rings (SSSR count). The van der Waals surface area contributed by atoms with Gasteiger partial charge in [0, 0.05) is 36.4 Å². The fraction of sp³-hybridized carbons (Fsp3) is 0.125. The number of rotatable bonds is 8. The first-order valence-electron chi connectivity index (χ1n) is 10.0. The van der Waals surface area contributed by atoms with Crippen LogP contribution in [0.5, 0.6) is 5.75 Å². The summed E-state index contributed by atoms with van der Waals surface area (Å²) in [6.45, 7) is 2.51. The molecule has 8 heteroatoms. The Hall–Kier alpha value is -4.33. The average molecular weight is 430 g/mol. The number of aryl methyl sites for hydroxylation is 1. The molecule has 0 saturated carbocycles. The SMILES string of the molecule is Cc1nccn1Cc1ccc(NC(=O)COc2cccc(NC(=O)c3ccco3)c2)cc1. The fourth-order valence-electron chi connectivity index (χ4n) is 3.07. The van der Waals surface area contributed by atoms with E-state index in [0.29, 0.717) is 17.1 Å². The zero-order valence-electron chi connectivity index (χ0n) is 17.4. The van der Waals surface area contributed by atoms with Crippen LogP contribution in [-0.2, 0) is 11.3 Å². The minimum atomic E-state index is -0.364. The van der Waals surface area contributed by atoms with Crippen molar-refractivity contribution in [2.75, 3.05) is 17.2 Å². The van der Waals surface area contributed by atoms with Crippen LogP contribution in [0.25, 0.3) is 0 Å². The normalized spacial score (nSPS) is 10.5. The van der Waals surface area contributed by atoms with Crippen LogP contribution in [0.3, 0.4) is 0 Å². The van der Waals surface area contributed by atoms with E-state index in [2.05, 4.69) is 15.6 Å². The maximum absolute atomic E-state index is 12.3. The molecule has 32 heavy (non-hydrogen) atoms. The number of hydrogen-bond acceptors (Lipinski definition) is 5. The zero-order valence-corrected chi connectivity index (χ0v) is 17.4. The molecule has 2 heterocycles. The maximum Gasteiger partial charge on any atom is 0.291 e. The predicted molar refractivity (Wildman–Crippen MR) is 120 cm³/mol. The molecule has 2 amide bonds. The Balaban J connectivity index is 1.27. The Morgan fingerprint density at radius 2 is 1.88 bits per heavy atom. The highest BCUT2D eigenvalue weighted by Gasteiger charge is 2.10. The average Bonchev–Trinajstić information content (AvgIpc) is 3.47. The molecule has 0 radical (unpaired) electrons. The summed E-state index contributed by atoms with van der Waals surface area (Å²) in [5.41, 5.74) is 2.32. The first-order chi connectivity index (χ1) is 15.6. The third kappa shape index (κ3) is 5.42. The van der Waals surface area contributed by atoms with Crippen molar-refractivity contribution in [3.05, 3.63) is 96.5 Å². The number of nitrogens with zero attached hydrogens (tertiary/aromatic N) is 2. The molecule has 162 valence electrons. The summed E-state index contributed by atoms with van der Waals surface area (Å²) in [5.74, 6) is 0.971. The van der Waals surface area contributed by atoms with Gasteiger partial charge in [-0.25, -0.2) is 4.98 Å². The van der Waals surface area contributed by atoms with Crippen molar-refractivity contribution in [1.82, 2.24) is 9.55 Å². The summed E-state index contributed by atoms with van der Waals surface area (Å²) in [5, 5.41) is 5.53. The van der Waals surface area contributed by atoms with Gasteiger partial charge in [-0.1, -0.05) is 18.2 Å². The third-order valence-corrected chi connectivity index (χ3v) is 4.72. The molecule has 0 aliphatic heterocycles. The summed E-state index contributed by atoms with van der Waals surface area (Å²) in [4.78, 5) is 28.5. The molecular formula is C24H22N4O4. The lowest BCUT2D eigenvalue weighted by molar-refractivity contribution is -0.118. The highest BCUT2D eigenvalue weighted by atomic mass is 16.5. The lowest BCUT2D eigenvalue weighted by atomic mass is 10.2. The van der Waals surface area contributed by atoms with Gasteiger partial charge in [0.15, 0.2) is 12.4 Å². The van der Waals surface area contributed by atoms with Crippen LogP contribution in [-0.4, -0.2) is 28.0 Å². The van der Waals surface area contributed by atoms with E-state index in [1.807, 2.05) is 42.0 Å². The fourth-order valence-corrected chi connectivity index (χ4v) is 3.07. The van der Waals surface area contributed by atoms with Gasteiger partial charge in [0.05, 0.1) is 6.26 Å². The molecule has 2 aromatic heterocycles. The number of hydrogen-bond donors (Lipinski definition) is 2. The van der Waals surface area contributed by atoms with Gasteiger partial charge in [0.25, 0.3) is 11.8 Å². The number of imidazole rings is 1. The van der Waals surface area contributed by atoms with E-state index in [-0.39, 0.29) is 24.2 Å². The van der Waals surface area contributed by atoms with Crippen molar-refractivity contribution in [3.63, 3.8) is 0 Å². The molecular weight excluding hydrogens is 408 g/mol. The minimum Gasteiger partial charge on any atom is -0.484 e. The molecule has 0 fully saturated rings. The van der Waals surface area contributed by atoms with Gasteiger partial charge in [-0.15, -0.1) is 0 Å². The molecule has 0 aliphatic carbocycles. The van der Waals surface area contributed by atoms with Crippen LogP contribution in [0.1, 0.15) is 21.9 Å². The van der Waals surface area contributed by atoms with Gasteiger partial charge in [0.2, 0.25) is 0 Å². The minimum absolute atomic E-state index is 0.161. The first kappa shape index (κ1) is 20.9. The number of aromatic nitrogens is 2. The number of nitrogens with one attached hydrogen (secondary N) is 2. The number of amides is 2. The molecule has 8 nitrogen and oxygen atoms in total. The smallest absolute Gasteiger partial charge is 0.291 e. The first-order valence-corrected chi connectivity index (χ1v) is 10.0. The van der Waals surface area contributed by atoms with E-state index in [1.54, 1.807) is 42.6 Å². The summed E-state index contributed by atoms with van der Waals surface area (Å²) in [6, 6.07) is 17.6. The van der Waals surface area contributed by atoms with E-state index in [1.165, 1.54) is 6.26 Å². The Morgan fingerprint density at radius 3 is 2.59 bits per heavy atom. The van der Waals surface area contributed by atoms with Crippen molar-refractivity contribution in [3.8, 4) is 5.75 Å². The highest BCUT2D eigenvalue weighted by molar-refractivity contribution is 6.02. The third-order valence-electron chi connectivity index (χ3n) is 4.72. The molecule has 4 aromatic rings. The molecule has 0 bridgehead atoms. The van der Waals surface area contributed by atoms with E-state index >= 15 is 0 Å². The van der Waals surface area contributed by atoms with Crippen LogP contribution in [0, 0.1) is 6.92 Å². The summed E-state index contributed by atoms with van der Waals surface area (Å²) in [6.07, 6.45) is 5.13. The number of ether oxygens (including phenoxy) is 1. The van der Waals surface area contributed by atoms with E-state index in [9.17, 15) is 9.59 Å². The number of furan rings is 1. The van der Waals surface area contributed by atoms with E-state index in [0.717, 1.165) is 17.9 Å². The highest BCUT2D eigenvalue weighted by Crippen LogP contribution is 2.18. The Bertz CT molecular complexity index is 1200. The molecule has 0 saturated heterocycles. The van der Waals surface area contributed by atoms with Crippen LogP contribution in [0.2, 0.25) is 0 Å². The van der Waals surface area contributed by atoms with Crippen LogP contribution in [0.4, 0.5) is 11.4 Å². The molecule has 0 unspecified atom stereocenters. The molecule has 2 N–H and O–H groups in total. The van der Waals surface area contributed by atoms with Crippen molar-refractivity contribution < 1.29 is 18.7 Å². The Kier molecular flexibility index (Phi) is 6.31. The summed E-state index contributed by atoms with van der Waals surface area (Å²) >= 11 is 0. The number of carbonyl (C=O) groups excluding carboxylic acids is 2. The van der Waals surface area contributed by atoms with Crippen LogP contribution in [0.15, 0.2) is 83.7 Å². The van der Waals surface area contributed by atoms with Gasteiger partial charge in [-0.3, -0.25) is 9.59 Å². The van der Waals surface area contributed by atoms with Gasteiger partial charge >= 0.3 is 0 Å². The molecule has 0 spiro atoms. The van der Waals surface area contributed by atoms with Crippen molar-refractivity contribution >= 4 is 23.2 Å². The Morgan fingerprint density at radius 1 is 1.03 bits per heavy atom. The zero-order chi connectivity index (χ0) is 22.3. The predicted octanol–water partition coefficient (Wildman–Crippen LogP) is 4.10. The molecule has 2 aromatic carbocycles. The largest absolute Gasteiger partial charge is 0.484 e. The van der Waals surface area contributed by atoms with Gasteiger partial charge < -0.3 is 24.4 Å². The second-order valence-electron chi connectivity index (χ2n) is 7.10. The Labute approximate surface area is 184 Å². The number of benzene rings is 2. The topological polar surface area (TPSA) is 98.4 Å². The van der Waals surface area contributed by atoms with Gasteiger partial charge in [-0.05, 0) is 48.9 Å². The van der Waals surface area contributed by atoms with Crippen LogP contribution < -0.4 is 15.4 Å². The van der Waals surface area contributed by atoms with Crippen molar-refractivity contribution in [1.29, 1.82) is 0 Å². The molecule has 0 atom stereocenters. The lowest BCUT2D eigenvalue weighted by Crippen LogP contribution is -2.20. The van der Waals surface area contributed by atoms with Crippen LogP contribution >= 0.6 is 0 Å². The summed E-state index contributed by atoms with van der Waals surface area (Å²) < 4.78 is 12.7. The standard InChI is InChI=1S/C24H22N4O4/c1-17-25-11-12-28(17)15-18-7-9-19(10-8-18)26-23(29)16-32-21-5-2-4-20(14-21)27-24(30)22-6-3-13-31-22/h2-14H,15-16H2,1H3,(H,26,29)(H,27,30). The monoisotopic (exact) mass is 430 g/mol. The second-order valence-corrected chi connectivity index (χ2v) is 7.10. The molecule has 0 aliphatic rings. The van der Waals surface area contributed by atoms with E-state index < -0.39 is 0 Å². The van der Waals surface area contributed by atoms with Crippen molar-refractivity contribution in [2.24, 2.45) is 0 Å². The van der Waals surface area contributed by atoms with Gasteiger partial charge in [0.1, 0.15) is 11.6 Å². The van der Waals surface area contributed by atoms with Gasteiger partial charge in [-0.2, -0.15) is 0 Å². The maximum atomic E-state index is 12.3. The lowest BCUT2D eigenvalue weighted by Gasteiger charge is -2.10.